The van der Waals surface area contributed by atoms with Gasteiger partial charge >= 0.3 is 0 Å². The number of unbranched alkanes of at least 4 members (excludes halogenated alkanes) is 1. The van der Waals surface area contributed by atoms with E-state index in [0.717, 1.165) is 49.9 Å². The van der Waals surface area contributed by atoms with Gasteiger partial charge < -0.3 is 28.8 Å². The van der Waals surface area contributed by atoms with Crippen molar-refractivity contribution in [2.45, 2.75) is 60.0 Å². The van der Waals surface area contributed by atoms with E-state index in [2.05, 4.69) is 19.9 Å². The van der Waals surface area contributed by atoms with Crippen LogP contribution in [0, 0.1) is 0 Å². The van der Waals surface area contributed by atoms with Crippen LogP contribution in [0.5, 0.6) is 11.5 Å². The van der Waals surface area contributed by atoms with Crippen molar-refractivity contribution in [3.8, 4) is 11.5 Å². The van der Waals surface area contributed by atoms with Gasteiger partial charge in [-0.25, -0.2) is 0 Å². The molecule has 0 atom stereocenters. The van der Waals surface area contributed by atoms with Crippen LogP contribution < -0.4 is 14.6 Å². The molecule has 1 heterocycles. The van der Waals surface area contributed by atoms with E-state index in [4.69, 9.17) is 23.7 Å². The van der Waals surface area contributed by atoms with Gasteiger partial charge in [0.1, 0.15) is 0 Å². The molecule has 1 aliphatic heterocycles. The predicted molar refractivity (Wildman–Crippen MR) is 117 cm³/mol. The molecule has 0 aromatic heterocycles. The fourth-order valence-corrected chi connectivity index (χ4v) is 2.82. The van der Waals surface area contributed by atoms with Gasteiger partial charge in [-0.2, -0.15) is 0 Å². The van der Waals surface area contributed by atoms with Gasteiger partial charge in [-0.3, -0.25) is 4.79 Å². The molecule has 31 heavy (non-hydrogen) atoms. The van der Waals surface area contributed by atoms with Gasteiger partial charge in [0.2, 0.25) is 6.79 Å². The van der Waals surface area contributed by atoms with Gasteiger partial charge in [0.15, 0.2) is 17.3 Å². The van der Waals surface area contributed by atoms with Crippen molar-refractivity contribution in [1.29, 1.82) is 0 Å². The molecular weight excluding hydrogens is 400 g/mol. The Kier molecular flexibility index (Phi) is 14.4. The molecule has 1 aromatic rings. The fourth-order valence-electron chi connectivity index (χ4n) is 2.82. The van der Waals surface area contributed by atoms with Gasteiger partial charge in [-0.05, 0) is 49.1 Å². The summed E-state index contributed by atoms with van der Waals surface area (Å²) in [6.07, 6.45) is 5.43. The summed E-state index contributed by atoms with van der Waals surface area (Å²) in [4.78, 5) is 9.98. The van der Waals surface area contributed by atoms with Crippen LogP contribution in [0.15, 0.2) is 24.0 Å². The third-order valence-electron chi connectivity index (χ3n) is 4.26. The van der Waals surface area contributed by atoms with Crippen LogP contribution >= 0.6 is 0 Å². The lowest BCUT2D eigenvalue weighted by Crippen LogP contribution is -2.10. The highest BCUT2D eigenvalue weighted by Gasteiger charge is 2.16. The number of hydrogen-bond donors (Lipinski definition) is 0. The standard InChI is InChI=1S/C19H30O5.C5H8O2/c1-3-5-7-20-8-9-21-10-11-22-14-17-13-19-18(23-15-24-19)12-16(17)6-4-2;1-4(6)3-5(2)7/h12-13H,3-11,14-15H2,1-2H3;3,6H,1-2H3/p-1/b;4-3-. The molecule has 7 heteroatoms. The maximum atomic E-state index is 9.98. The molecule has 0 bridgehead atoms. The van der Waals surface area contributed by atoms with E-state index < -0.39 is 0 Å². The Morgan fingerprint density at radius 2 is 1.52 bits per heavy atom. The van der Waals surface area contributed by atoms with Gasteiger partial charge in [-0.1, -0.05) is 33.6 Å². The van der Waals surface area contributed by atoms with Crippen molar-refractivity contribution in [2.75, 3.05) is 39.8 Å². The highest BCUT2D eigenvalue weighted by molar-refractivity contribution is 5.87. The van der Waals surface area contributed by atoms with E-state index in [-0.39, 0.29) is 11.5 Å². The first-order valence-electron chi connectivity index (χ1n) is 11.0. The highest BCUT2D eigenvalue weighted by atomic mass is 16.7. The van der Waals surface area contributed by atoms with Crippen molar-refractivity contribution >= 4 is 5.78 Å². The van der Waals surface area contributed by atoms with E-state index in [1.165, 1.54) is 25.0 Å². The Bertz CT molecular complexity index is 666. The quantitative estimate of drug-likeness (QED) is 0.250. The number of ether oxygens (including phenoxy) is 5. The number of carbonyl (C=O) groups is 1. The lowest BCUT2D eigenvalue weighted by molar-refractivity contribution is -0.301. The number of hydrogen-bond acceptors (Lipinski definition) is 7. The minimum Gasteiger partial charge on any atom is -0.876 e. The summed E-state index contributed by atoms with van der Waals surface area (Å²) in [5.41, 5.74) is 2.44. The molecule has 2 rings (SSSR count). The number of carbonyl (C=O) groups excluding carboxylic acids is 1. The molecule has 176 valence electrons. The Balaban J connectivity index is 0.000000592. The van der Waals surface area contributed by atoms with Gasteiger partial charge in [0.05, 0.1) is 33.0 Å². The third kappa shape index (κ3) is 12.4. The first-order chi connectivity index (χ1) is 15.0. The zero-order valence-electron chi connectivity index (χ0n) is 19.4. The van der Waals surface area contributed by atoms with Crippen molar-refractivity contribution in [1.82, 2.24) is 0 Å². The summed E-state index contributed by atoms with van der Waals surface area (Å²) in [6, 6.07) is 4.12. The molecule has 0 saturated carbocycles. The first kappa shape index (κ1) is 26.9. The van der Waals surface area contributed by atoms with E-state index >= 15 is 0 Å². The summed E-state index contributed by atoms with van der Waals surface area (Å²) in [5, 5.41) is 9.98. The number of fused-ring (bicyclic) bond motifs is 1. The van der Waals surface area contributed by atoms with Crippen LogP contribution in [-0.4, -0.2) is 45.6 Å². The first-order valence-corrected chi connectivity index (χ1v) is 11.0. The predicted octanol–water partition coefficient (Wildman–Crippen LogP) is 3.56. The maximum Gasteiger partial charge on any atom is 0.231 e. The van der Waals surface area contributed by atoms with Crippen LogP contribution in [0.25, 0.3) is 0 Å². The van der Waals surface area contributed by atoms with Crippen LogP contribution in [-0.2, 0) is 32.0 Å². The Morgan fingerprint density at radius 3 is 2.03 bits per heavy atom. The fraction of sp³-hybridized carbons (Fsp3) is 0.625. The summed E-state index contributed by atoms with van der Waals surface area (Å²) in [6.45, 7) is 11.2. The SMILES string of the molecule is CC(=O)/C=C(/C)[O-].CCCCOCCOCCOCc1cc2c(cc1CCC)OCO2. The molecule has 0 spiro atoms. The number of benzene rings is 1. The zero-order valence-corrected chi connectivity index (χ0v) is 19.4. The monoisotopic (exact) mass is 437 g/mol. The van der Waals surface area contributed by atoms with Crippen LogP contribution in [0.2, 0.25) is 0 Å². The molecule has 0 aliphatic carbocycles. The van der Waals surface area contributed by atoms with Gasteiger partial charge in [0.25, 0.3) is 0 Å². The minimum atomic E-state index is -0.187. The van der Waals surface area contributed by atoms with Crippen LogP contribution in [0.4, 0.5) is 0 Å². The maximum absolute atomic E-state index is 9.98. The Hall–Kier alpha value is -2.09. The second kappa shape index (κ2) is 16.6. The molecule has 7 nitrogen and oxygen atoms in total. The van der Waals surface area contributed by atoms with Crippen molar-refractivity contribution in [3.63, 3.8) is 0 Å². The van der Waals surface area contributed by atoms with Gasteiger partial charge in [-0.15, -0.1) is 5.76 Å². The third-order valence-corrected chi connectivity index (χ3v) is 4.26. The largest absolute Gasteiger partial charge is 0.876 e. The molecule has 0 unspecified atom stereocenters. The summed E-state index contributed by atoms with van der Waals surface area (Å²) >= 11 is 0. The lowest BCUT2D eigenvalue weighted by atomic mass is 10.0. The molecule has 0 N–H and O–H groups in total. The van der Waals surface area contributed by atoms with Crippen molar-refractivity contribution < 1.29 is 33.6 Å². The molecule has 0 radical (unpaired) electrons. The summed E-state index contributed by atoms with van der Waals surface area (Å²) in [7, 11) is 0. The zero-order chi connectivity index (χ0) is 22.9. The lowest BCUT2D eigenvalue weighted by Gasteiger charge is -2.11. The second-order valence-electron chi connectivity index (χ2n) is 7.22. The Morgan fingerprint density at radius 1 is 0.935 bits per heavy atom. The number of aryl methyl sites for hydroxylation is 1. The molecular formula is C24H37O7-. The van der Waals surface area contributed by atoms with Crippen LogP contribution in [0.3, 0.4) is 0 Å². The molecule has 0 fully saturated rings. The highest BCUT2D eigenvalue weighted by Crippen LogP contribution is 2.35. The summed E-state index contributed by atoms with van der Waals surface area (Å²) < 4.78 is 27.6. The van der Waals surface area contributed by atoms with Gasteiger partial charge in [0, 0.05) is 6.61 Å². The average Bonchev–Trinajstić information content (AvgIpc) is 3.16. The number of allylic oxidation sites excluding steroid dienone is 2. The number of ketones is 1. The molecule has 0 saturated heterocycles. The smallest absolute Gasteiger partial charge is 0.231 e. The molecule has 0 amide bonds. The average molecular weight is 438 g/mol. The Labute approximate surface area is 186 Å². The van der Waals surface area contributed by atoms with E-state index in [0.29, 0.717) is 39.8 Å². The van der Waals surface area contributed by atoms with Crippen LogP contribution in [0.1, 0.15) is 58.1 Å². The van der Waals surface area contributed by atoms with Crippen molar-refractivity contribution in [2.24, 2.45) is 0 Å². The number of rotatable bonds is 14. The normalized spacial score (nSPS) is 12.5. The van der Waals surface area contributed by atoms with E-state index in [1.807, 2.05) is 6.07 Å². The second-order valence-corrected chi connectivity index (χ2v) is 7.22. The summed E-state index contributed by atoms with van der Waals surface area (Å²) in [5.74, 6) is 1.28. The topological polar surface area (TPSA) is 86.3 Å². The van der Waals surface area contributed by atoms with Crippen molar-refractivity contribution in [3.05, 3.63) is 35.1 Å². The molecule has 1 aliphatic rings. The molecule has 1 aromatic carbocycles. The minimum absolute atomic E-state index is 0.187. The van der Waals surface area contributed by atoms with E-state index in [1.54, 1.807) is 0 Å². The van der Waals surface area contributed by atoms with E-state index in [9.17, 15) is 9.90 Å².